The number of hydrogen-bond donors (Lipinski definition) is 2. The lowest BCUT2D eigenvalue weighted by molar-refractivity contribution is 0.601. The highest BCUT2D eigenvalue weighted by atomic mass is 32.2. The normalized spacial score (nSPS) is 11.2. The quantitative estimate of drug-likeness (QED) is 0.778. The Bertz CT molecular complexity index is 828. The first-order valence-corrected chi connectivity index (χ1v) is 7.80. The van der Waals surface area contributed by atoms with Gasteiger partial charge in [0.2, 0.25) is 0 Å². The molecule has 0 saturated heterocycles. The monoisotopic (exact) mass is 299 g/mol. The maximum absolute atomic E-state index is 12.3. The summed E-state index contributed by atoms with van der Waals surface area (Å²) in [6, 6.07) is 15.4. The molecule has 0 aliphatic carbocycles. The van der Waals surface area contributed by atoms with E-state index in [1.165, 1.54) is 0 Å². The maximum atomic E-state index is 12.3. The number of benzene rings is 2. The molecule has 0 bridgehead atoms. The summed E-state index contributed by atoms with van der Waals surface area (Å²) in [4.78, 5) is 7.18. The van der Waals surface area contributed by atoms with Gasteiger partial charge in [0, 0.05) is 11.3 Å². The third-order valence-corrected chi connectivity index (χ3v) is 4.37. The lowest BCUT2D eigenvalue weighted by atomic mass is 10.1. The fourth-order valence-electron chi connectivity index (χ4n) is 1.98. The van der Waals surface area contributed by atoms with Crippen LogP contribution < -0.4 is 4.72 Å². The average Bonchev–Trinajstić information content (AvgIpc) is 3.02. The van der Waals surface area contributed by atoms with Crippen molar-refractivity contribution in [2.75, 3.05) is 4.72 Å². The molecule has 1 heterocycles. The van der Waals surface area contributed by atoms with Gasteiger partial charge in [0.05, 0.1) is 23.1 Å². The number of aromatic nitrogens is 2. The second-order valence-corrected chi connectivity index (χ2v) is 6.15. The Hall–Kier alpha value is -2.60. The lowest BCUT2D eigenvalue weighted by Gasteiger charge is -2.09. The van der Waals surface area contributed by atoms with Gasteiger partial charge >= 0.3 is 0 Å². The number of aromatic amines is 1. The molecule has 2 N–H and O–H groups in total. The van der Waals surface area contributed by atoms with E-state index in [1.807, 2.05) is 6.07 Å². The molecule has 106 valence electrons. The molecule has 0 atom stereocenters. The molecule has 0 aliphatic heterocycles. The van der Waals surface area contributed by atoms with Gasteiger partial charge in [0.25, 0.3) is 10.0 Å². The molecule has 0 radical (unpaired) electrons. The molecule has 6 heteroatoms. The van der Waals surface area contributed by atoms with Crippen molar-refractivity contribution in [2.24, 2.45) is 0 Å². The Morgan fingerprint density at radius 1 is 1.00 bits per heavy atom. The van der Waals surface area contributed by atoms with E-state index in [0.717, 1.165) is 11.3 Å². The predicted molar refractivity (Wildman–Crippen MR) is 81.3 cm³/mol. The van der Waals surface area contributed by atoms with E-state index in [0.29, 0.717) is 5.69 Å². The summed E-state index contributed by atoms with van der Waals surface area (Å²) in [6.45, 7) is 0. The Morgan fingerprint density at radius 3 is 2.52 bits per heavy atom. The van der Waals surface area contributed by atoms with Crippen LogP contribution in [0.25, 0.3) is 11.3 Å². The van der Waals surface area contributed by atoms with Crippen LogP contribution in [0.4, 0.5) is 5.69 Å². The van der Waals surface area contributed by atoms with Crippen molar-refractivity contribution in [3.63, 3.8) is 0 Å². The largest absolute Gasteiger partial charge is 0.345 e. The van der Waals surface area contributed by atoms with Crippen molar-refractivity contribution in [3.05, 3.63) is 67.1 Å². The minimum atomic E-state index is -3.57. The third kappa shape index (κ3) is 2.95. The number of H-pyrrole nitrogens is 1. The van der Waals surface area contributed by atoms with E-state index in [2.05, 4.69) is 14.7 Å². The first-order valence-electron chi connectivity index (χ1n) is 6.32. The number of rotatable bonds is 4. The van der Waals surface area contributed by atoms with Crippen LogP contribution in [0.5, 0.6) is 0 Å². The summed E-state index contributed by atoms with van der Waals surface area (Å²) < 4.78 is 27.1. The topological polar surface area (TPSA) is 74.8 Å². The Kier molecular flexibility index (Phi) is 3.45. The van der Waals surface area contributed by atoms with Gasteiger partial charge in [0.1, 0.15) is 0 Å². The summed E-state index contributed by atoms with van der Waals surface area (Å²) in [5.74, 6) is 0. The van der Waals surface area contributed by atoms with Gasteiger partial charge in [-0.05, 0) is 24.3 Å². The van der Waals surface area contributed by atoms with Crippen molar-refractivity contribution in [2.45, 2.75) is 4.90 Å². The van der Waals surface area contributed by atoms with Crippen molar-refractivity contribution < 1.29 is 8.42 Å². The van der Waals surface area contributed by atoms with E-state index >= 15 is 0 Å². The molecule has 1 aromatic heterocycles. The van der Waals surface area contributed by atoms with Crippen LogP contribution in [0, 0.1) is 0 Å². The smallest absolute Gasteiger partial charge is 0.261 e. The minimum absolute atomic E-state index is 0.233. The SMILES string of the molecule is O=S(=O)(Nc1cccc(-c2cnc[nH]2)c1)c1ccccc1. The summed E-state index contributed by atoms with van der Waals surface area (Å²) in [6.07, 6.45) is 3.26. The highest BCUT2D eigenvalue weighted by Crippen LogP contribution is 2.22. The number of nitrogens with zero attached hydrogens (tertiary/aromatic N) is 1. The second kappa shape index (κ2) is 5.41. The van der Waals surface area contributed by atoms with Crippen LogP contribution in [0.3, 0.4) is 0 Å². The van der Waals surface area contributed by atoms with Crippen LogP contribution in [-0.4, -0.2) is 18.4 Å². The first-order chi connectivity index (χ1) is 10.1. The summed E-state index contributed by atoms with van der Waals surface area (Å²) in [5, 5.41) is 0. The first kappa shape index (κ1) is 13.4. The van der Waals surface area contributed by atoms with Gasteiger partial charge < -0.3 is 4.98 Å². The van der Waals surface area contributed by atoms with Crippen LogP contribution in [-0.2, 0) is 10.0 Å². The lowest BCUT2D eigenvalue weighted by Crippen LogP contribution is -2.12. The molecular formula is C15H13N3O2S. The van der Waals surface area contributed by atoms with E-state index in [1.54, 1.807) is 61.1 Å². The Balaban J connectivity index is 1.91. The molecule has 5 nitrogen and oxygen atoms in total. The number of imidazole rings is 1. The summed E-state index contributed by atoms with van der Waals surface area (Å²) in [7, 11) is -3.57. The standard InChI is InChI=1S/C15H13N3O2S/c19-21(20,14-7-2-1-3-8-14)18-13-6-4-5-12(9-13)15-10-16-11-17-15/h1-11,18H,(H,16,17). The zero-order valence-corrected chi connectivity index (χ0v) is 11.8. The number of sulfonamides is 1. The molecule has 0 aliphatic rings. The van der Waals surface area contributed by atoms with Gasteiger partial charge in [0.15, 0.2) is 0 Å². The van der Waals surface area contributed by atoms with Gasteiger partial charge in [-0.25, -0.2) is 13.4 Å². The highest BCUT2D eigenvalue weighted by Gasteiger charge is 2.13. The summed E-state index contributed by atoms with van der Waals surface area (Å²) >= 11 is 0. The van der Waals surface area contributed by atoms with Crippen LogP contribution in [0.1, 0.15) is 0 Å². The molecule has 0 unspecified atom stereocenters. The maximum Gasteiger partial charge on any atom is 0.261 e. The van der Waals surface area contributed by atoms with E-state index in [-0.39, 0.29) is 4.90 Å². The second-order valence-electron chi connectivity index (χ2n) is 4.46. The van der Waals surface area contributed by atoms with Crippen LogP contribution >= 0.6 is 0 Å². The molecule has 3 aromatic rings. The van der Waals surface area contributed by atoms with Crippen molar-refractivity contribution in [1.82, 2.24) is 9.97 Å². The van der Waals surface area contributed by atoms with Gasteiger partial charge in [-0.1, -0.05) is 30.3 Å². The molecular weight excluding hydrogens is 286 g/mol. The summed E-state index contributed by atoms with van der Waals surface area (Å²) in [5.41, 5.74) is 2.20. The highest BCUT2D eigenvalue weighted by molar-refractivity contribution is 7.92. The van der Waals surface area contributed by atoms with Gasteiger partial charge in [-0.15, -0.1) is 0 Å². The Labute approximate surface area is 122 Å². The van der Waals surface area contributed by atoms with Crippen molar-refractivity contribution in [3.8, 4) is 11.3 Å². The van der Waals surface area contributed by atoms with E-state index in [4.69, 9.17) is 0 Å². The van der Waals surface area contributed by atoms with E-state index in [9.17, 15) is 8.42 Å². The minimum Gasteiger partial charge on any atom is -0.345 e. The molecule has 2 aromatic carbocycles. The third-order valence-electron chi connectivity index (χ3n) is 2.98. The Morgan fingerprint density at radius 2 is 1.81 bits per heavy atom. The average molecular weight is 299 g/mol. The molecule has 0 spiro atoms. The zero-order chi connectivity index (χ0) is 14.7. The van der Waals surface area contributed by atoms with Crippen molar-refractivity contribution in [1.29, 1.82) is 0 Å². The molecule has 0 fully saturated rings. The van der Waals surface area contributed by atoms with Gasteiger partial charge in [-0.3, -0.25) is 4.72 Å². The predicted octanol–water partition coefficient (Wildman–Crippen LogP) is 2.88. The fraction of sp³-hybridized carbons (Fsp3) is 0. The zero-order valence-electron chi connectivity index (χ0n) is 11.0. The molecule has 0 amide bonds. The number of hydrogen-bond acceptors (Lipinski definition) is 3. The fourth-order valence-corrected chi connectivity index (χ4v) is 3.05. The number of anilines is 1. The molecule has 0 saturated carbocycles. The molecule has 21 heavy (non-hydrogen) atoms. The van der Waals surface area contributed by atoms with E-state index < -0.39 is 10.0 Å². The number of nitrogens with one attached hydrogen (secondary N) is 2. The van der Waals surface area contributed by atoms with Crippen LogP contribution in [0.15, 0.2) is 72.0 Å². The van der Waals surface area contributed by atoms with Crippen LogP contribution in [0.2, 0.25) is 0 Å². The van der Waals surface area contributed by atoms with Crippen molar-refractivity contribution >= 4 is 15.7 Å². The van der Waals surface area contributed by atoms with Gasteiger partial charge in [-0.2, -0.15) is 0 Å². The molecule has 3 rings (SSSR count).